The van der Waals surface area contributed by atoms with Crippen molar-refractivity contribution in [2.75, 3.05) is 20.2 Å². The van der Waals surface area contributed by atoms with E-state index in [9.17, 15) is 10.1 Å². The van der Waals surface area contributed by atoms with Gasteiger partial charge in [0.1, 0.15) is 17.4 Å². The van der Waals surface area contributed by atoms with Gasteiger partial charge in [-0.3, -0.25) is 4.79 Å². The minimum absolute atomic E-state index is 0.0774. The molecule has 0 bridgehead atoms. The molecule has 0 heterocycles. The molecule has 0 saturated heterocycles. The van der Waals surface area contributed by atoms with E-state index in [1.165, 1.54) is 17.3 Å². The van der Waals surface area contributed by atoms with E-state index in [0.717, 1.165) is 17.7 Å². The van der Waals surface area contributed by atoms with Gasteiger partial charge < -0.3 is 15.4 Å². The number of hydrogen-bond donors (Lipinski definition) is 2. The average molecular weight is 363 g/mol. The van der Waals surface area contributed by atoms with Crippen LogP contribution in [0.3, 0.4) is 0 Å². The molecule has 0 atom stereocenters. The van der Waals surface area contributed by atoms with E-state index < -0.39 is 0 Å². The van der Waals surface area contributed by atoms with Crippen molar-refractivity contribution in [1.82, 2.24) is 10.6 Å². The zero-order valence-corrected chi connectivity index (χ0v) is 15.8. The molecule has 0 saturated carbocycles. The highest BCUT2D eigenvalue weighted by molar-refractivity contribution is 5.97. The highest BCUT2D eigenvalue weighted by atomic mass is 16.5. The number of aryl methyl sites for hydroxylation is 1. The Hall–Kier alpha value is -3.26. The molecule has 1 amide bonds. The van der Waals surface area contributed by atoms with Gasteiger partial charge in [-0.05, 0) is 43.0 Å². The number of carbonyl (C=O) groups is 1. The van der Waals surface area contributed by atoms with Gasteiger partial charge in [-0.1, -0.05) is 42.0 Å². The van der Waals surface area contributed by atoms with Crippen molar-refractivity contribution in [1.29, 1.82) is 5.26 Å². The number of rotatable bonds is 9. The van der Waals surface area contributed by atoms with Crippen LogP contribution in [0.25, 0.3) is 0 Å². The van der Waals surface area contributed by atoms with Crippen molar-refractivity contribution in [2.24, 2.45) is 0 Å². The van der Waals surface area contributed by atoms with Crippen molar-refractivity contribution in [3.05, 3.63) is 77.0 Å². The van der Waals surface area contributed by atoms with Crippen LogP contribution in [0.1, 0.15) is 16.7 Å². The fraction of sp³-hybridized carbons (Fsp3) is 0.273. The third-order valence-electron chi connectivity index (χ3n) is 4.15. The Bertz CT molecular complexity index is 803. The van der Waals surface area contributed by atoms with Gasteiger partial charge in [0.25, 0.3) is 5.91 Å². The number of nitrogens with zero attached hydrogens (tertiary/aromatic N) is 1. The molecule has 0 aliphatic heterocycles. The van der Waals surface area contributed by atoms with Crippen molar-refractivity contribution in [2.45, 2.75) is 19.8 Å². The van der Waals surface area contributed by atoms with Crippen LogP contribution in [0.2, 0.25) is 0 Å². The fourth-order valence-electron chi connectivity index (χ4n) is 2.50. The first-order valence-corrected chi connectivity index (χ1v) is 8.92. The lowest BCUT2D eigenvalue weighted by atomic mass is 10.1. The first-order valence-electron chi connectivity index (χ1n) is 8.92. The number of methoxy groups -OCH3 is 1. The lowest BCUT2D eigenvalue weighted by molar-refractivity contribution is -0.117. The Balaban J connectivity index is 1.74. The van der Waals surface area contributed by atoms with Gasteiger partial charge in [0.05, 0.1) is 7.11 Å². The third-order valence-corrected chi connectivity index (χ3v) is 4.15. The number of nitrogens with one attached hydrogen (secondary N) is 2. The normalized spacial score (nSPS) is 10.8. The molecule has 2 rings (SSSR count). The maximum atomic E-state index is 12.1. The molecule has 140 valence electrons. The van der Waals surface area contributed by atoms with E-state index >= 15 is 0 Å². The van der Waals surface area contributed by atoms with E-state index in [4.69, 9.17) is 4.74 Å². The molecule has 2 aromatic carbocycles. The van der Waals surface area contributed by atoms with Crippen LogP contribution in [0.4, 0.5) is 0 Å². The first-order chi connectivity index (χ1) is 13.1. The predicted octanol–water partition coefficient (Wildman–Crippen LogP) is 2.90. The van der Waals surface area contributed by atoms with Crippen molar-refractivity contribution in [3.63, 3.8) is 0 Å². The first kappa shape index (κ1) is 20.1. The number of amides is 1. The number of carbonyl (C=O) groups excluding carboxylic acids is 1. The van der Waals surface area contributed by atoms with Crippen LogP contribution in [-0.2, 0) is 17.6 Å². The van der Waals surface area contributed by atoms with Crippen LogP contribution in [-0.4, -0.2) is 26.1 Å². The lowest BCUT2D eigenvalue weighted by Gasteiger charge is -2.06. The molecule has 0 aliphatic rings. The van der Waals surface area contributed by atoms with Crippen molar-refractivity contribution in [3.8, 4) is 11.8 Å². The van der Waals surface area contributed by atoms with Crippen LogP contribution < -0.4 is 15.4 Å². The largest absolute Gasteiger partial charge is 0.497 e. The average Bonchev–Trinajstić information content (AvgIpc) is 2.70. The van der Waals surface area contributed by atoms with Crippen LogP contribution >= 0.6 is 0 Å². The molecule has 0 aliphatic carbocycles. The second kappa shape index (κ2) is 10.7. The van der Waals surface area contributed by atoms with E-state index in [0.29, 0.717) is 19.5 Å². The van der Waals surface area contributed by atoms with Crippen molar-refractivity contribution < 1.29 is 9.53 Å². The molecule has 0 radical (unpaired) electrons. The quantitative estimate of drug-likeness (QED) is 0.408. The summed E-state index contributed by atoms with van der Waals surface area (Å²) in [7, 11) is 1.62. The summed E-state index contributed by atoms with van der Waals surface area (Å²) in [6, 6.07) is 17.9. The smallest absolute Gasteiger partial charge is 0.263 e. The summed E-state index contributed by atoms with van der Waals surface area (Å²) in [5, 5.41) is 15.0. The summed E-state index contributed by atoms with van der Waals surface area (Å²) in [5.41, 5.74) is 3.61. The molecule has 2 N–H and O–H groups in total. The predicted molar refractivity (Wildman–Crippen MR) is 106 cm³/mol. The molecular weight excluding hydrogens is 338 g/mol. The Morgan fingerprint density at radius 1 is 1.04 bits per heavy atom. The number of nitriles is 1. The standard InChI is InChI=1S/C22H25N3O2/c1-17-3-5-18(6-4-17)11-13-24-16-20(15-23)22(26)25-14-12-19-7-9-21(27-2)10-8-19/h3-10,16,24H,11-14H2,1-2H3,(H,25,26)/b20-16-. The van der Waals surface area contributed by atoms with Gasteiger partial charge in [0, 0.05) is 19.3 Å². The zero-order valence-electron chi connectivity index (χ0n) is 15.8. The zero-order chi connectivity index (χ0) is 19.5. The van der Waals surface area contributed by atoms with Gasteiger partial charge in [0.15, 0.2) is 0 Å². The summed E-state index contributed by atoms with van der Waals surface area (Å²) < 4.78 is 5.12. The molecule has 5 heteroatoms. The van der Waals surface area contributed by atoms with Gasteiger partial charge in [0.2, 0.25) is 0 Å². The Kier molecular flexibility index (Phi) is 7.92. The summed E-state index contributed by atoms with van der Waals surface area (Å²) >= 11 is 0. The number of ether oxygens (including phenoxy) is 1. The minimum Gasteiger partial charge on any atom is -0.497 e. The van der Waals surface area contributed by atoms with E-state index in [-0.39, 0.29) is 11.5 Å². The Morgan fingerprint density at radius 2 is 1.63 bits per heavy atom. The van der Waals surface area contributed by atoms with E-state index in [1.807, 2.05) is 30.3 Å². The molecule has 0 fully saturated rings. The second-order valence-electron chi connectivity index (χ2n) is 6.21. The number of hydrogen-bond acceptors (Lipinski definition) is 4. The highest BCUT2D eigenvalue weighted by Crippen LogP contribution is 2.11. The summed E-state index contributed by atoms with van der Waals surface area (Å²) in [6.07, 6.45) is 3.00. The Labute approximate surface area is 160 Å². The van der Waals surface area contributed by atoms with Gasteiger partial charge in [-0.25, -0.2) is 0 Å². The maximum Gasteiger partial charge on any atom is 0.263 e. The molecule has 0 spiro atoms. The molecule has 27 heavy (non-hydrogen) atoms. The highest BCUT2D eigenvalue weighted by Gasteiger charge is 2.07. The van der Waals surface area contributed by atoms with Gasteiger partial charge >= 0.3 is 0 Å². The molecular formula is C22H25N3O2. The molecule has 0 aromatic heterocycles. The third kappa shape index (κ3) is 6.87. The number of benzene rings is 2. The molecule has 2 aromatic rings. The topological polar surface area (TPSA) is 74.1 Å². The van der Waals surface area contributed by atoms with E-state index in [1.54, 1.807) is 7.11 Å². The fourth-order valence-corrected chi connectivity index (χ4v) is 2.50. The Morgan fingerprint density at radius 3 is 2.22 bits per heavy atom. The van der Waals surface area contributed by atoms with Crippen LogP contribution in [0.15, 0.2) is 60.3 Å². The SMILES string of the molecule is COc1ccc(CCNC(=O)/C(C#N)=C\NCCc2ccc(C)cc2)cc1. The van der Waals surface area contributed by atoms with Crippen LogP contribution in [0, 0.1) is 18.3 Å². The van der Waals surface area contributed by atoms with E-state index in [2.05, 4.69) is 41.8 Å². The summed E-state index contributed by atoms with van der Waals surface area (Å²) in [5.74, 6) is 0.433. The van der Waals surface area contributed by atoms with Gasteiger partial charge in [-0.2, -0.15) is 5.26 Å². The van der Waals surface area contributed by atoms with Crippen molar-refractivity contribution >= 4 is 5.91 Å². The molecule has 0 unspecified atom stereocenters. The van der Waals surface area contributed by atoms with Gasteiger partial charge in [-0.15, -0.1) is 0 Å². The maximum absolute atomic E-state index is 12.1. The second-order valence-corrected chi connectivity index (χ2v) is 6.21. The minimum atomic E-state index is -0.367. The van der Waals surface area contributed by atoms with Crippen LogP contribution in [0.5, 0.6) is 5.75 Å². The molecule has 5 nitrogen and oxygen atoms in total. The monoisotopic (exact) mass is 363 g/mol. The summed E-state index contributed by atoms with van der Waals surface area (Å²) in [6.45, 7) is 3.18. The lowest BCUT2D eigenvalue weighted by Crippen LogP contribution is -2.28. The summed E-state index contributed by atoms with van der Waals surface area (Å²) in [4.78, 5) is 12.1.